The summed E-state index contributed by atoms with van der Waals surface area (Å²) in [7, 11) is 1.88. The van der Waals surface area contributed by atoms with Crippen LogP contribution in [0.3, 0.4) is 0 Å². The Morgan fingerprint density at radius 2 is 2.00 bits per heavy atom. The number of benzene rings is 1. The maximum Gasteiger partial charge on any atom is 0.220 e. The molecule has 1 saturated carbocycles. The fraction of sp³-hybridized carbons (Fsp3) is 0.562. The molecule has 0 aromatic heterocycles. The van der Waals surface area contributed by atoms with Gasteiger partial charge in [0.05, 0.1) is 0 Å². The summed E-state index contributed by atoms with van der Waals surface area (Å²) < 4.78 is 13.0. The zero-order chi connectivity index (χ0) is 14.4. The highest BCUT2D eigenvalue weighted by atomic mass is 19.1. The summed E-state index contributed by atoms with van der Waals surface area (Å²) in [6.07, 6.45) is 4.71. The Labute approximate surface area is 120 Å². The molecule has 0 aliphatic heterocycles. The molecule has 0 atom stereocenters. The SMILES string of the molecule is CNCCCC(=O)NCC1(c2ccc(F)cc2)CCC1. The number of hydrogen-bond acceptors (Lipinski definition) is 2. The quantitative estimate of drug-likeness (QED) is 0.752. The van der Waals surface area contributed by atoms with Crippen LogP contribution in [0.1, 0.15) is 37.7 Å². The molecule has 4 heteroatoms. The van der Waals surface area contributed by atoms with Crippen molar-refractivity contribution >= 4 is 5.91 Å². The van der Waals surface area contributed by atoms with Gasteiger partial charge in [-0.1, -0.05) is 18.6 Å². The number of nitrogens with one attached hydrogen (secondary N) is 2. The molecule has 1 aliphatic rings. The van der Waals surface area contributed by atoms with Crippen LogP contribution in [0.15, 0.2) is 24.3 Å². The van der Waals surface area contributed by atoms with Gasteiger partial charge in [-0.2, -0.15) is 0 Å². The Hall–Kier alpha value is -1.42. The van der Waals surface area contributed by atoms with Crippen LogP contribution in [-0.2, 0) is 10.2 Å². The second-order valence-corrected chi connectivity index (χ2v) is 5.62. The van der Waals surface area contributed by atoms with E-state index in [9.17, 15) is 9.18 Å². The molecule has 0 saturated heterocycles. The number of halogens is 1. The number of rotatable bonds is 7. The van der Waals surface area contributed by atoms with Gasteiger partial charge in [0.25, 0.3) is 0 Å². The molecule has 0 bridgehead atoms. The van der Waals surface area contributed by atoms with Crippen molar-refractivity contribution < 1.29 is 9.18 Å². The first-order valence-electron chi connectivity index (χ1n) is 7.34. The minimum atomic E-state index is -0.209. The van der Waals surface area contributed by atoms with Crippen LogP contribution in [0, 0.1) is 5.82 Å². The number of carbonyl (C=O) groups is 1. The van der Waals surface area contributed by atoms with E-state index in [1.54, 1.807) is 0 Å². The van der Waals surface area contributed by atoms with E-state index in [2.05, 4.69) is 10.6 Å². The van der Waals surface area contributed by atoms with E-state index < -0.39 is 0 Å². The van der Waals surface area contributed by atoms with Gasteiger partial charge in [0.2, 0.25) is 5.91 Å². The van der Waals surface area contributed by atoms with Crippen LogP contribution < -0.4 is 10.6 Å². The van der Waals surface area contributed by atoms with Gasteiger partial charge in [0, 0.05) is 18.4 Å². The van der Waals surface area contributed by atoms with E-state index in [-0.39, 0.29) is 17.1 Å². The van der Waals surface area contributed by atoms with Gasteiger partial charge in [0.15, 0.2) is 0 Å². The van der Waals surface area contributed by atoms with Gasteiger partial charge in [-0.05, 0) is 50.6 Å². The minimum absolute atomic E-state index is 0.0202. The summed E-state index contributed by atoms with van der Waals surface area (Å²) in [6.45, 7) is 1.52. The highest BCUT2D eigenvalue weighted by molar-refractivity contribution is 5.76. The highest BCUT2D eigenvalue weighted by Crippen LogP contribution is 2.43. The molecular weight excluding hydrogens is 255 g/mol. The molecule has 1 fully saturated rings. The Morgan fingerprint density at radius 3 is 2.55 bits per heavy atom. The summed E-state index contributed by atoms with van der Waals surface area (Å²) in [5.41, 5.74) is 1.16. The normalized spacial score (nSPS) is 16.5. The van der Waals surface area contributed by atoms with Crippen molar-refractivity contribution in [3.63, 3.8) is 0 Å². The fourth-order valence-electron chi connectivity index (χ4n) is 2.76. The molecule has 1 aromatic rings. The summed E-state index contributed by atoms with van der Waals surface area (Å²) in [4.78, 5) is 11.8. The van der Waals surface area contributed by atoms with E-state index >= 15 is 0 Å². The summed E-state index contributed by atoms with van der Waals surface area (Å²) in [5, 5.41) is 6.07. The summed E-state index contributed by atoms with van der Waals surface area (Å²) >= 11 is 0. The van der Waals surface area contributed by atoms with Gasteiger partial charge < -0.3 is 10.6 Å². The van der Waals surface area contributed by atoms with E-state index in [0.29, 0.717) is 13.0 Å². The van der Waals surface area contributed by atoms with Crippen molar-refractivity contribution in [3.8, 4) is 0 Å². The smallest absolute Gasteiger partial charge is 0.220 e. The molecule has 2 rings (SSSR count). The topological polar surface area (TPSA) is 41.1 Å². The Morgan fingerprint density at radius 1 is 1.30 bits per heavy atom. The van der Waals surface area contributed by atoms with Crippen molar-refractivity contribution in [2.24, 2.45) is 0 Å². The van der Waals surface area contributed by atoms with Crippen molar-refractivity contribution in [3.05, 3.63) is 35.6 Å². The predicted octanol–water partition coefficient (Wildman–Crippen LogP) is 2.36. The average Bonchev–Trinajstić information content (AvgIpc) is 2.40. The van der Waals surface area contributed by atoms with E-state index in [1.165, 1.54) is 18.6 Å². The Bertz CT molecular complexity index is 440. The lowest BCUT2D eigenvalue weighted by Crippen LogP contribution is -2.45. The second-order valence-electron chi connectivity index (χ2n) is 5.62. The molecule has 0 heterocycles. The Kier molecular flexibility index (Phi) is 5.12. The van der Waals surface area contributed by atoms with E-state index in [0.717, 1.165) is 31.4 Å². The molecule has 1 aliphatic carbocycles. The van der Waals surface area contributed by atoms with Crippen LogP contribution >= 0.6 is 0 Å². The minimum Gasteiger partial charge on any atom is -0.355 e. The zero-order valence-electron chi connectivity index (χ0n) is 12.0. The maximum atomic E-state index is 13.0. The monoisotopic (exact) mass is 278 g/mol. The van der Waals surface area contributed by atoms with Gasteiger partial charge >= 0.3 is 0 Å². The molecule has 1 aromatic carbocycles. The number of amides is 1. The van der Waals surface area contributed by atoms with Gasteiger partial charge in [0.1, 0.15) is 5.82 Å². The van der Waals surface area contributed by atoms with Crippen molar-refractivity contribution in [2.75, 3.05) is 20.1 Å². The molecule has 1 amide bonds. The first-order chi connectivity index (χ1) is 9.66. The lowest BCUT2D eigenvalue weighted by molar-refractivity contribution is -0.121. The molecule has 0 spiro atoms. The third-order valence-electron chi connectivity index (χ3n) is 4.22. The van der Waals surface area contributed by atoms with Gasteiger partial charge in [-0.15, -0.1) is 0 Å². The number of hydrogen-bond donors (Lipinski definition) is 2. The van der Waals surface area contributed by atoms with Crippen LogP contribution in [0.25, 0.3) is 0 Å². The lowest BCUT2D eigenvalue weighted by Gasteiger charge is -2.42. The van der Waals surface area contributed by atoms with Crippen molar-refractivity contribution in [1.29, 1.82) is 0 Å². The third-order valence-corrected chi connectivity index (χ3v) is 4.22. The third kappa shape index (κ3) is 3.57. The first-order valence-corrected chi connectivity index (χ1v) is 7.34. The van der Waals surface area contributed by atoms with Crippen LogP contribution in [0.4, 0.5) is 4.39 Å². The zero-order valence-corrected chi connectivity index (χ0v) is 12.0. The van der Waals surface area contributed by atoms with E-state index in [1.807, 2.05) is 19.2 Å². The molecule has 0 radical (unpaired) electrons. The van der Waals surface area contributed by atoms with Gasteiger partial charge in [-0.25, -0.2) is 4.39 Å². The molecule has 2 N–H and O–H groups in total. The van der Waals surface area contributed by atoms with Gasteiger partial charge in [-0.3, -0.25) is 4.79 Å². The molecular formula is C16H23FN2O. The lowest BCUT2D eigenvalue weighted by atomic mass is 9.64. The van der Waals surface area contributed by atoms with Crippen LogP contribution in [0.2, 0.25) is 0 Å². The van der Waals surface area contributed by atoms with E-state index in [4.69, 9.17) is 0 Å². The summed E-state index contributed by atoms with van der Waals surface area (Å²) in [5.74, 6) is -0.104. The summed E-state index contributed by atoms with van der Waals surface area (Å²) in [6, 6.07) is 6.71. The fourth-order valence-corrected chi connectivity index (χ4v) is 2.76. The molecule has 20 heavy (non-hydrogen) atoms. The standard InChI is InChI=1S/C16H23FN2O/c1-18-11-2-4-15(20)19-12-16(9-3-10-16)13-5-7-14(17)8-6-13/h5-8,18H,2-4,9-12H2,1H3,(H,19,20). The van der Waals surface area contributed by atoms with Crippen molar-refractivity contribution in [1.82, 2.24) is 10.6 Å². The molecule has 0 unspecified atom stereocenters. The van der Waals surface area contributed by atoms with Crippen molar-refractivity contribution in [2.45, 2.75) is 37.5 Å². The largest absolute Gasteiger partial charge is 0.355 e. The predicted molar refractivity (Wildman–Crippen MR) is 78.1 cm³/mol. The number of carbonyl (C=O) groups excluding carboxylic acids is 1. The second kappa shape index (κ2) is 6.84. The molecule has 110 valence electrons. The molecule has 3 nitrogen and oxygen atoms in total. The highest BCUT2D eigenvalue weighted by Gasteiger charge is 2.38. The first kappa shape index (κ1) is 15.0. The average molecular weight is 278 g/mol. The maximum absolute atomic E-state index is 13.0. The van der Waals surface area contributed by atoms with Crippen LogP contribution in [0.5, 0.6) is 0 Å². The van der Waals surface area contributed by atoms with Crippen LogP contribution in [-0.4, -0.2) is 26.0 Å². The Balaban J connectivity index is 1.88.